The van der Waals surface area contributed by atoms with Crippen molar-refractivity contribution in [2.24, 2.45) is 0 Å². The average molecular weight is 281 g/mol. The summed E-state index contributed by atoms with van der Waals surface area (Å²) in [6, 6.07) is 2.71. The zero-order chi connectivity index (χ0) is 15.3. The summed E-state index contributed by atoms with van der Waals surface area (Å²) < 4.78 is 10.5. The molecule has 0 unspecified atom stereocenters. The van der Waals surface area contributed by atoms with Crippen LogP contribution in [0.1, 0.15) is 19.4 Å². The van der Waals surface area contributed by atoms with Gasteiger partial charge in [-0.3, -0.25) is 10.1 Å². The van der Waals surface area contributed by atoms with Crippen LogP contribution >= 0.6 is 0 Å². The van der Waals surface area contributed by atoms with E-state index in [1.54, 1.807) is 13.8 Å². The second-order valence-corrected chi connectivity index (χ2v) is 4.17. The van der Waals surface area contributed by atoms with E-state index >= 15 is 0 Å². The third-order valence-electron chi connectivity index (χ3n) is 2.25. The van der Waals surface area contributed by atoms with Crippen LogP contribution in [0.5, 0.6) is 11.5 Å². The number of carboxylic acid groups (broad SMARTS) is 1. The Morgan fingerprint density at radius 1 is 1.45 bits per heavy atom. The van der Waals surface area contributed by atoms with Crippen LogP contribution in [-0.4, -0.2) is 29.2 Å². The summed E-state index contributed by atoms with van der Waals surface area (Å²) >= 11 is 0. The highest BCUT2D eigenvalue weighted by molar-refractivity contribution is 5.85. The fraction of sp³-hybridized carbons (Fsp3) is 0.308. The standard InChI is InChI=1S/C13H15NO6/c1-8(2)20-13-10(14(17)18)6-9(4-5-12(15)16)7-11(13)19-3/h4-8H,1-3H3,(H,15,16)/b5-4+. The summed E-state index contributed by atoms with van der Waals surface area (Å²) in [5.41, 5.74) is 0.0649. The van der Waals surface area contributed by atoms with E-state index in [1.165, 1.54) is 25.3 Å². The van der Waals surface area contributed by atoms with E-state index in [0.29, 0.717) is 5.56 Å². The lowest BCUT2D eigenvalue weighted by Crippen LogP contribution is -2.09. The Balaban J connectivity index is 3.37. The molecule has 0 amide bonds. The monoisotopic (exact) mass is 281 g/mol. The zero-order valence-corrected chi connectivity index (χ0v) is 11.3. The molecule has 7 nitrogen and oxygen atoms in total. The van der Waals surface area contributed by atoms with Crippen LogP contribution in [0.15, 0.2) is 18.2 Å². The van der Waals surface area contributed by atoms with Gasteiger partial charge in [-0.1, -0.05) is 0 Å². The second kappa shape index (κ2) is 6.55. The molecule has 0 heterocycles. The van der Waals surface area contributed by atoms with Gasteiger partial charge >= 0.3 is 11.7 Å². The maximum Gasteiger partial charge on any atom is 0.328 e. The SMILES string of the molecule is COc1cc(/C=C/C(=O)O)cc([N+](=O)[O-])c1OC(C)C. The summed E-state index contributed by atoms with van der Waals surface area (Å²) in [7, 11) is 1.36. The summed E-state index contributed by atoms with van der Waals surface area (Å²) in [5, 5.41) is 19.7. The van der Waals surface area contributed by atoms with Gasteiger partial charge in [-0.25, -0.2) is 4.79 Å². The Labute approximate surface area is 115 Å². The van der Waals surface area contributed by atoms with E-state index in [0.717, 1.165) is 6.08 Å². The molecule has 0 aliphatic heterocycles. The van der Waals surface area contributed by atoms with Crippen LogP contribution in [0.4, 0.5) is 5.69 Å². The number of nitrogens with zero attached hydrogens (tertiary/aromatic N) is 1. The van der Waals surface area contributed by atoms with Gasteiger partial charge in [-0.2, -0.15) is 0 Å². The number of carboxylic acids is 1. The number of hydrogen-bond donors (Lipinski definition) is 1. The molecule has 0 radical (unpaired) electrons. The lowest BCUT2D eigenvalue weighted by atomic mass is 10.1. The first-order valence-electron chi connectivity index (χ1n) is 5.79. The molecular weight excluding hydrogens is 266 g/mol. The third-order valence-corrected chi connectivity index (χ3v) is 2.25. The minimum Gasteiger partial charge on any atom is -0.493 e. The summed E-state index contributed by atoms with van der Waals surface area (Å²) in [5.74, 6) is -0.938. The molecule has 1 N–H and O–H groups in total. The van der Waals surface area contributed by atoms with Crippen molar-refractivity contribution in [3.63, 3.8) is 0 Å². The van der Waals surface area contributed by atoms with Crippen LogP contribution in [0, 0.1) is 10.1 Å². The number of benzene rings is 1. The van der Waals surface area contributed by atoms with E-state index in [1.807, 2.05) is 0 Å². The predicted molar refractivity (Wildman–Crippen MR) is 72.1 cm³/mol. The van der Waals surface area contributed by atoms with Crippen LogP contribution in [0.25, 0.3) is 6.08 Å². The fourth-order valence-corrected chi connectivity index (χ4v) is 1.51. The van der Waals surface area contributed by atoms with Crippen molar-refractivity contribution >= 4 is 17.7 Å². The first-order chi connectivity index (χ1) is 9.35. The Morgan fingerprint density at radius 2 is 2.10 bits per heavy atom. The number of methoxy groups -OCH3 is 1. The Kier molecular flexibility index (Phi) is 5.08. The normalized spacial score (nSPS) is 10.8. The van der Waals surface area contributed by atoms with Crippen molar-refractivity contribution in [3.8, 4) is 11.5 Å². The van der Waals surface area contributed by atoms with Crippen molar-refractivity contribution in [1.29, 1.82) is 0 Å². The number of nitro benzene ring substituents is 1. The molecule has 20 heavy (non-hydrogen) atoms. The lowest BCUT2D eigenvalue weighted by molar-refractivity contribution is -0.386. The van der Waals surface area contributed by atoms with Crippen molar-refractivity contribution < 1.29 is 24.3 Å². The Morgan fingerprint density at radius 3 is 2.55 bits per heavy atom. The van der Waals surface area contributed by atoms with Crippen LogP contribution in [-0.2, 0) is 4.79 Å². The molecule has 0 spiro atoms. The number of rotatable bonds is 6. The van der Waals surface area contributed by atoms with E-state index < -0.39 is 10.9 Å². The second-order valence-electron chi connectivity index (χ2n) is 4.17. The molecule has 0 aromatic heterocycles. The summed E-state index contributed by atoms with van der Waals surface area (Å²) in [6.45, 7) is 3.48. The van der Waals surface area contributed by atoms with E-state index in [-0.39, 0.29) is 23.3 Å². The van der Waals surface area contributed by atoms with Gasteiger partial charge < -0.3 is 14.6 Å². The van der Waals surface area contributed by atoms with Gasteiger partial charge in [0.15, 0.2) is 5.75 Å². The molecule has 7 heteroatoms. The number of hydrogen-bond acceptors (Lipinski definition) is 5. The van der Waals surface area contributed by atoms with Gasteiger partial charge in [-0.05, 0) is 31.6 Å². The Hall–Kier alpha value is -2.57. The highest BCUT2D eigenvalue weighted by atomic mass is 16.6. The van der Waals surface area contributed by atoms with E-state index in [2.05, 4.69) is 0 Å². The molecule has 1 aromatic rings. The van der Waals surface area contributed by atoms with Crippen molar-refractivity contribution in [2.45, 2.75) is 20.0 Å². The van der Waals surface area contributed by atoms with Crippen LogP contribution in [0.3, 0.4) is 0 Å². The lowest BCUT2D eigenvalue weighted by Gasteiger charge is -2.14. The number of carbonyl (C=O) groups is 1. The molecule has 108 valence electrons. The molecule has 0 aliphatic rings. The maximum atomic E-state index is 11.1. The molecule has 1 rings (SSSR count). The van der Waals surface area contributed by atoms with E-state index in [9.17, 15) is 14.9 Å². The minimum atomic E-state index is -1.14. The maximum absolute atomic E-state index is 11.1. The molecule has 0 aliphatic carbocycles. The molecule has 1 aromatic carbocycles. The molecule has 0 saturated carbocycles. The van der Waals surface area contributed by atoms with Crippen molar-refractivity contribution in [1.82, 2.24) is 0 Å². The van der Waals surface area contributed by atoms with Gasteiger partial charge in [0.25, 0.3) is 0 Å². The van der Waals surface area contributed by atoms with Gasteiger partial charge in [0, 0.05) is 12.1 Å². The summed E-state index contributed by atoms with van der Waals surface area (Å²) in [4.78, 5) is 21.0. The summed E-state index contributed by atoms with van der Waals surface area (Å²) in [6.07, 6.45) is 1.88. The predicted octanol–water partition coefficient (Wildman–Crippen LogP) is 2.49. The molecule has 0 fully saturated rings. The first-order valence-corrected chi connectivity index (χ1v) is 5.79. The largest absolute Gasteiger partial charge is 0.493 e. The quantitative estimate of drug-likeness (QED) is 0.488. The molecule has 0 saturated heterocycles. The number of nitro groups is 1. The number of ether oxygens (including phenoxy) is 2. The van der Waals surface area contributed by atoms with Gasteiger partial charge in [0.05, 0.1) is 18.1 Å². The van der Waals surface area contributed by atoms with Gasteiger partial charge in [-0.15, -0.1) is 0 Å². The smallest absolute Gasteiger partial charge is 0.328 e. The first kappa shape index (κ1) is 15.5. The average Bonchev–Trinajstić information content (AvgIpc) is 2.36. The molecule has 0 bridgehead atoms. The minimum absolute atomic E-state index is 0.0278. The van der Waals surface area contributed by atoms with Gasteiger partial charge in [0.1, 0.15) is 0 Å². The van der Waals surface area contributed by atoms with Crippen LogP contribution < -0.4 is 9.47 Å². The molecular formula is C13H15NO6. The highest BCUT2D eigenvalue weighted by Crippen LogP contribution is 2.39. The topological polar surface area (TPSA) is 98.9 Å². The fourth-order valence-electron chi connectivity index (χ4n) is 1.51. The molecule has 0 atom stereocenters. The van der Waals surface area contributed by atoms with Crippen molar-refractivity contribution in [2.75, 3.05) is 7.11 Å². The van der Waals surface area contributed by atoms with Crippen LogP contribution in [0.2, 0.25) is 0 Å². The van der Waals surface area contributed by atoms with Gasteiger partial charge in [0.2, 0.25) is 5.75 Å². The Bertz CT molecular complexity index is 550. The zero-order valence-electron chi connectivity index (χ0n) is 11.3. The third kappa shape index (κ3) is 3.98. The van der Waals surface area contributed by atoms with E-state index in [4.69, 9.17) is 14.6 Å². The van der Waals surface area contributed by atoms with Crippen molar-refractivity contribution in [3.05, 3.63) is 33.9 Å². The highest BCUT2D eigenvalue weighted by Gasteiger charge is 2.22. The number of aliphatic carboxylic acids is 1.